The molecule has 0 aromatic heterocycles. The molecule has 1 fully saturated rings. The first-order valence-electron chi connectivity index (χ1n) is 3.81. The van der Waals surface area contributed by atoms with E-state index in [4.69, 9.17) is 10.8 Å². The van der Waals surface area contributed by atoms with Crippen LogP contribution in [0.25, 0.3) is 0 Å². The number of hydrogen-bond donors (Lipinski definition) is 2. The van der Waals surface area contributed by atoms with Crippen molar-refractivity contribution in [1.82, 2.24) is 0 Å². The highest BCUT2D eigenvalue weighted by molar-refractivity contribution is 4.85. The Bertz CT molecular complexity index is 119. The van der Waals surface area contributed by atoms with Crippen molar-refractivity contribution in [2.75, 3.05) is 0 Å². The van der Waals surface area contributed by atoms with Crippen LogP contribution in [-0.4, -0.2) is 23.7 Å². The van der Waals surface area contributed by atoms with Gasteiger partial charge in [-0.3, -0.25) is 0 Å². The van der Waals surface area contributed by atoms with Gasteiger partial charge in [-0.2, -0.15) is 0 Å². The Morgan fingerprint density at radius 3 is 2.45 bits per heavy atom. The summed E-state index contributed by atoms with van der Waals surface area (Å²) in [5, 5.41) is 9.11. The fraction of sp³-hybridized carbons (Fsp3) is 1.00. The average molecular weight is 165 g/mol. The smallest absolute Gasteiger partial charge is 0.238 e. The van der Waals surface area contributed by atoms with Crippen LogP contribution in [0.2, 0.25) is 0 Å². The van der Waals surface area contributed by atoms with E-state index in [9.17, 15) is 8.78 Å². The maximum Gasteiger partial charge on any atom is 0.238 e. The van der Waals surface area contributed by atoms with Crippen LogP contribution in [0.4, 0.5) is 8.78 Å². The SMILES string of the molecule is N[C@@H]1CC(CC(F)F)C[C@H]1O. The van der Waals surface area contributed by atoms with Gasteiger partial charge in [-0.15, -0.1) is 0 Å². The molecule has 0 saturated heterocycles. The second-order valence-corrected chi connectivity index (χ2v) is 3.20. The normalized spacial score (nSPS) is 38.5. The molecule has 11 heavy (non-hydrogen) atoms. The molecule has 1 rings (SSSR count). The Labute approximate surface area is 64.4 Å². The van der Waals surface area contributed by atoms with Crippen molar-refractivity contribution in [3.63, 3.8) is 0 Å². The third-order valence-electron chi connectivity index (χ3n) is 2.19. The number of halogens is 2. The van der Waals surface area contributed by atoms with Gasteiger partial charge in [0, 0.05) is 12.5 Å². The summed E-state index contributed by atoms with van der Waals surface area (Å²) in [5.74, 6) is -0.0833. The molecular formula is C7H13F2NO. The number of hydrogen-bond acceptors (Lipinski definition) is 2. The Morgan fingerprint density at radius 2 is 2.09 bits per heavy atom. The van der Waals surface area contributed by atoms with Gasteiger partial charge in [0.25, 0.3) is 0 Å². The van der Waals surface area contributed by atoms with E-state index in [-0.39, 0.29) is 18.4 Å². The van der Waals surface area contributed by atoms with Crippen LogP contribution in [0.3, 0.4) is 0 Å². The molecule has 3 N–H and O–H groups in total. The molecule has 0 aromatic rings. The fourth-order valence-corrected chi connectivity index (χ4v) is 1.60. The van der Waals surface area contributed by atoms with Crippen molar-refractivity contribution < 1.29 is 13.9 Å². The maximum absolute atomic E-state index is 11.8. The zero-order valence-corrected chi connectivity index (χ0v) is 6.21. The molecule has 1 unspecified atom stereocenters. The van der Waals surface area contributed by atoms with Crippen LogP contribution >= 0.6 is 0 Å². The highest BCUT2D eigenvalue weighted by Crippen LogP contribution is 2.29. The predicted molar refractivity (Wildman–Crippen MR) is 37.3 cm³/mol. The zero-order valence-electron chi connectivity index (χ0n) is 6.21. The van der Waals surface area contributed by atoms with Crippen molar-refractivity contribution in [3.05, 3.63) is 0 Å². The van der Waals surface area contributed by atoms with Crippen molar-refractivity contribution >= 4 is 0 Å². The second kappa shape index (κ2) is 3.45. The third-order valence-corrected chi connectivity index (χ3v) is 2.19. The van der Waals surface area contributed by atoms with Gasteiger partial charge in [0.15, 0.2) is 0 Å². The van der Waals surface area contributed by atoms with Crippen LogP contribution in [0.1, 0.15) is 19.3 Å². The summed E-state index contributed by atoms with van der Waals surface area (Å²) in [5.41, 5.74) is 5.45. The van der Waals surface area contributed by atoms with Crippen LogP contribution in [-0.2, 0) is 0 Å². The number of aliphatic hydroxyl groups is 1. The van der Waals surface area contributed by atoms with Gasteiger partial charge < -0.3 is 10.8 Å². The minimum Gasteiger partial charge on any atom is -0.392 e. The standard InChI is InChI=1S/C7H13F2NO/c8-7(9)3-4-1-5(10)6(11)2-4/h4-7,11H,1-3,10H2/t4?,5-,6-/m1/s1. The number of nitrogens with two attached hydrogens (primary N) is 1. The minimum atomic E-state index is -2.27. The van der Waals surface area contributed by atoms with Crippen molar-refractivity contribution in [3.8, 4) is 0 Å². The topological polar surface area (TPSA) is 46.2 Å². The summed E-state index contributed by atoms with van der Waals surface area (Å²) in [6.45, 7) is 0. The lowest BCUT2D eigenvalue weighted by atomic mass is 10.0. The molecular weight excluding hydrogens is 152 g/mol. The lowest BCUT2D eigenvalue weighted by molar-refractivity contribution is 0.109. The first kappa shape index (κ1) is 8.87. The summed E-state index contributed by atoms with van der Waals surface area (Å²) in [6.07, 6.45) is -1.99. The molecule has 4 heteroatoms. The van der Waals surface area contributed by atoms with E-state index in [0.717, 1.165) is 0 Å². The Morgan fingerprint density at radius 1 is 1.45 bits per heavy atom. The van der Waals surface area contributed by atoms with Gasteiger partial charge in [0.1, 0.15) is 0 Å². The summed E-state index contributed by atoms with van der Waals surface area (Å²) in [4.78, 5) is 0. The van der Waals surface area contributed by atoms with E-state index in [1.807, 2.05) is 0 Å². The number of alkyl halides is 2. The highest BCUT2D eigenvalue weighted by Gasteiger charge is 2.31. The van der Waals surface area contributed by atoms with Crippen LogP contribution in [0.5, 0.6) is 0 Å². The number of rotatable bonds is 2. The molecule has 0 spiro atoms. The molecule has 1 saturated carbocycles. The predicted octanol–water partition coefficient (Wildman–Crippen LogP) is 0.740. The van der Waals surface area contributed by atoms with E-state index in [2.05, 4.69) is 0 Å². The Balaban J connectivity index is 2.29. The zero-order chi connectivity index (χ0) is 8.43. The molecule has 0 heterocycles. The fourth-order valence-electron chi connectivity index (χ4n) is 1.60. The van der Waals surface area contributed by atoms with E-state index in [1.54, 1.807) is 0 Å². The molecule has 0 aromatic carbocycles. The highest BCUT2D eigenvalue weighted by atomic mass is 19.3. The molecule has 0 aliphatic heterocycles. The van der Waals surface area contributed by atoms with Crippen molar-refractivity contribution in [1.29, 1.82) is 0 Å². The summed E-state index contributed by atoms with van der Waals surface area (Å²) >= 11 is 0. The summed E-state index contributed by atoms with van der Waals surface area (Å²) < 4.78 is 23.6. The van der Waals surface area contributed by atoms with Crippen LogP contribution in [0.15, 0.2) is 0 Å². The van der Waals surface area contributed by atoms with Crippen molar-refractivity contribution in [2.24, 2.45) is 11.7 Å². The molecule has 3 atom stereocenters. The lowest BCUT2D eigenvalue weighted by Crippen LogP contribution is -2.28. The molecule has 2 nitrogen and oxygen atoms in total. The van der Waals surface area contributed by atoms with Gasteiger partial charge in [-0.25, -0.2) is 8.78 Å². The third kappa shape index (κ3) is 2.38. The Hall–Kier alpha value is -0.220. The van der Waals surface area contributed by atoms with Gasteiger partial charge in [-0.1, -0.05) is 0 Å². The van der Waals surface area contributed by atoms with E-state index in [1.165, 1.54) is 0 Å². The van der Waals surface area contributed by atoms with Gasteiger partial charge in [0.2, 0.25) is 6.43 Å². The number of aliphatic hydroxyl groups excluding tert-OH is 1. The summed E-state index contributed by atoms with van der Waals surface area (Å²) in [6, 6.07) is -0.293. The average Bonchev–Trinajstić information content (AvgIpc) is 2.10. The Kier molecular flexibility index (Phi) is 2.78. The first-order chi connectivity index (χ1) is 5.09. The monoisotopic (exact) mass is 165 g/mol. The first-order valence-corrected chi connectivity index (χ1v) is 3.81. The van der Waals surface area contributed by atoms with Gasteiger partial charge in [-0.05, 0) is 18.8 Å². The quantitative estimate of drug-likeness (QED) is 0.634. The van der Waals surface area contributed by atoms with Crippen LogP contribution < -0.4 is 5.73 Å². The maximum atomic E-state index is 11.8. The van der Waals surface area contributed by atoms with Gasteiger partial charge in [0.05, 0.1) is 6.10 Å². The van der Waals surface area contributed by atoms with E-state index >= 15 is 0 Å². The second-order valence-electron chi connectivity index (χ2n) is 3.20. The molecule has 0 amide bonds. The van der Waals surface area contributed by atoms with E-state index in [0.29, 0.717) is 12.8 Å². The summed E-state index contributed by atoms with van der Waals surface area (Å²) in [7, 11) is 0. The molecule has 0 bridgehead atoms. The molecule has 0 radical (unpaired) electrons. The van der Waals surface area contributed by atoms with Gasteiger partial charge >= 0.3 is 0 Å². The van der Waals surface area contributed by atoms with E-state index < -0.39 is 12.5 Å². The molecule has 66 valence electrons. The molecule has 1 aliphatic rings. The molecule has 1 aliphatic carbocycles. The van der Waals surface area contributed by atoms with Crippen molar-refractivity contribution in [2.45, 2.75) is 37.8 Å². The minimum absolute atomic E-state index is 0.0833. The lowest BCUT2D eigenvalue weighted by Gasteiger charge is -2.06. The van der Waals surface area contributed by atoms with Crippen LogP contribution in [0, 0.1) is 5.92 Å². The largest absolute Gasteiger partial charge is 0.392 e.